The summed E-state index contributed by atoms with van der Waals surface area (Å²) in [5.41, 5.74) is 1.76. The van der Waals surface area contributed by atoms with Crippen molar-refractivity contribution in [3.63, 3.8) is 0 Å². The van der Waals surface area contributed by atoms with Gasteiger partial charge in [0, 0.05) is 40.7 Å². The molecule has 4 rings (SSSR count). The predicted octanol–water partition coefficient (Wildman–Crippen LogP) is 4.46. The van der Waals surface area contributed by atoms with Crippen molar-refractivity contribution in [1.29, 1.82) is 0 Å². The molecule has 0 aliphatic carbocycles. The van der Waals surface area contributed by atoms with Crippen molar-refractivity contribution in [2.45, 2.75) is 12.8 Å². The third-order valence-electron chi connectivity index (χ3n) is 5.44. The number of hydrogen-bond acceptors (Lipinski definition) is 4. The van der Waals surface area contributed by atoms with Crippen LogP contribution < -0.4 is 10.1 Å². The molecule has 2 aromatic carbocycles. The van der Waals surface area contributed by atoms with Crippen LogP contribution in [0.25, 0.3) is 6.08 Å². The molecule has 1 N–H and O–H groups in total. The average molecular weight is 459 g/mol. The number of anilines is 1. The van der Waals surface area contributed by atoms with Crippen LogP contribution in [0.15, 0.2) is 42.5 Å². The molecule has 0 bridgehead atoms. The van der Waals surface area contributed by atoms with E-state index in [4.69, 9.17) is 27.9 Å². The van der Waals surface area contributed by atoms with Gasteiger partial charge in [-0.2, -0.15) is 0 Å². The molecule has 1 fully saturated rings. The van der Waals surface area contributed by atoms with Crippen LogP contribution in [0.4, 0.5) is 5.69 Å². The number of likely N-dealkylation sites (tertiary alicyclic amines) is 1. The van der Waals surface area contributed by atoms with Crippen molar-refractivity contribution < 1.29 is 19.1 Å². The summed E-state index contributed by atoms with van der Waals surface area (Å²) in [4.78, 5) is 38.7. The molecule has 2 heterocycles. The smallest absolute Gasteiger partial charge is 0.262 e. The molecule has 31 heavy (non-hydrogen) atoms. The summed E-state index contributed by atoms with van der Waals surface area (Å²) in [6.45, 7) is 0.975. The summed E-state index contributed by atoms with van der Waals surface area (Å²) >= 11 is 12.0. The second kappa shape index (κ2) is 9.12. The number of ether oxygens (including phenoxy) is 1. The minimum absolute atomic E-state index is 0.0122. The minimum Gasteiger partial charge on any atom is -0.482 e. The SMILES string of the molecule is O=C1COc2ccc(C(=O)C3CCN(C(=O)/C=C/c4ccc(Cl)cc4Cl)CC3)cc2N1. The van der Waals surface area contributed by atoms with Crippen molar-refractivity contribution >= 4 is 52.6 Å². The fourth-order valence-electron chi connectivity index (χ4n) is 3.74. The molecule has 0 atom stereocenters. The molecule has 2 aliphatic heterocycles. The molecule has 2 amide bonds. The summed E-state index contributed by atoms with van der Waals surface area (Å²) in [6.07, 6.45) is 4.32. The maximum Gasteiger partial charge on any atom is 0.262 e. The van der Waals surface area contributed by atoms with E-state index in [1.54, 1.807) is 47.4 Å². The molecule has 1 saturated heterocycles. The number of nitrogens with zero attached hydrogens (tertiary/aromatic N) is 1. The van der Waals surface area contributed by atoms with Gasteiger partial charge in [-0.25, -0.2) is 0 Å². The number of amides is 2. The quantitative estimate of drug-likeness (QED) is 0.541. The van der Waals surface area contributed by atoms with Crippen molar-refractivity contribution in [3.05, 3.63) is 63.6 Å². The Morgan fingerprint density at radius 1 is 1.10 bits per heavy atom. The summed E-state index contributed by atoms with van der Waals surface area (Å²) in [7, 11) is 0. The first-order valence-electron chi connectivity index (χ1n) is 9.93. The Balaban J connectivity index is 1.35. The molecule has 0 spiro atoms. The normalized spacial score (nSPS) is 16.6. The molecular weight excluding hydrogens is 439 g/mol. The van der Waals surface area contributed by atoms with Gasteiger partial charge < -0.3 is 15.0 Å². The van der Waals surface area contributed by atoms with Crippen LogP contribution in [0.2, 0.25) is 10.0 Å². The van der Waals surface area contributed by atoms with Gasteiger partial charge in [-0.3, -0.25) is 14.4 Å². The summed E-state index contributed by atoms with van der Waals surface area (Å²) in [5, 5.41) is 3.74. The van der Waals surface area contributed by atoms with Crippen LogP contribution in [-0.4, -0.2) is 42.2 Å². The highest BCUT2D eigenvalue weighted by Crippen LogP contribution is 2.31. The average Bonchev–Trinajstić information content (AvgIpc) is 2.77. The highest BCUT2D eigenvalue weighted by molar-refractivity contribution is 6.35. The second-order valence-corrected chi connectivity index (χ2v) is 8.35. The molecule has 0 unspecified atom stereocenters. The van der Waals surface area contributed by atoms with Crippen molar-refractivity contribution in [2.75, 3.05) is 25.0 Å². The summed E-state index contributed by atoms with van der Waals surface area (Å²) in [5.74, 6) is 0.0433. The van der Waals surface area contributed by atoms with Gasteiger partial charge in [0.2, 0.25) is 5.91 Å². The Bertz CT molecular complexity index is 1080. The maximum absolute atomic E-state index is 12.9. The zero-order valence-electron chi connectivity index (χ0n) is 16.6. The minimum atomic E-state index is -0.239. The molecule has 0 saturated carbocycles. The number of ketones is 1. The van der Waals surface area contributed by atoms with Crippen molar-refractivity contribution in [1.82, 2.24) is 4.90 Å². The fourth-order valence-corrected chi connectivity index (χ4v) is 4.21. The van der Waals surface area contributed by atoms with E-state index in [1.807, 2.05) is 0 Å². The van der Waals surface area contributed by atoms with Gasteiger partial charge in [-0.05, 0) is 54.8 Å². The lowest BCUT2D eigenvalue weighted by Gasteiger charge is -2.30. The van der Waals surface area contributed by atoms with Gasteiger partial charge in [0.25, 0.3) is 5.91 Å². The number of fused-ring (bicyclic) bond motifs is 1. The first-order valence-corrected chi connectivity index (χ1v) is 10.7. The van der Waals surface area contributed by atoms with Gasteiger partial charge in [0.15, 0.2) is 12.4 Å². The van der Waals surface area contributed by atoms with Crippen LogP contribution >= 0.6 is 23.2 Å². The molecule has 2 aliphatic rings. The zero-order valence-corrected chi connectivity index (χ0v) is 18.1. The molecule has 8 heteroatoms. The Kier molecular flexibility index (Phi) is 6.30. The Morgan fingerprint density at radius 3 is 2.61 bits per heavy atom. The van der Waals surface area contributed by atoms with Crippen LogP contribution in [0.5, 0.6) is 5.75 Å². The largest absolute Gasteiger partial charge is 0.482 e. The van der Waals surface area contributed by atoms with E-state index in [0.717, 1.165) is 0 Å². The van der Waals surface area contributed by atoms with E-state index < -0.39 is 0 Å². The monoisotopic (exact) mass is 458 g/mol. The van der Waals surface area contributed by atoms with E-state index in [-0.39, 0.29) is 30.1 Å². The van der Waals surface area contributed by atoms with E-state index in [9.17, 15) is 14.4 Å². The van der Waals surface area contributed by atoms with Crippen molar-refractivity contribution in [2.24, 2.45) is 5.92 Å². The third-order valence-corrected chi connectivity index (χ3v) is 6.00. The highest BCUT2D eigenvalue weighted by atomic mass is 35.5. The van der Waals surface area contributed by atoms with Crippen molar-refractivity contribution in [3.8, 4) is 5.75 Å². The number of nitrogens with one attached hydrogen (secondary N) is 1. The standard InChI is InChI=1S/C23H20Cl2N2O4/c24-17-4-1-14(18(25)12-17)3-6-22(29)27-9-7-15(8-10-27)23(30)16-2-5-20-19(11-16)26-21(28)13-31-20/h1-6,11-12,15H,7-10,13H2,(H,26,28)/b6-3+. The van der Waals surface area contributed by atoms with Crippen LogP contribution in [-0.2, 0) is 9.59 Å². The number of piperidine rings is 1. The summed E-state index contributed by atoms with van der Waals surface area (Å²) < 4.78 is 5.34. The van der Waals surface area contributed by atoms with Gasteiger partial charge >= 0.3 is 0 Å². The number of carbonyl (C=O) groups excluding carboxylic acids is 3. The maximum atomic E-state index is 12.9. The first-order chi connectivity index (χ1) is 14.9. The molecule has 2 aromatic rings. The number of rotatable bonds is 4. The molecular formula is C23H20Cl2N2O4. The lowest BCUT2D eigenvalue weighted by atomic mass is 9.88. The van der Waals surface area contributed by atoms with Crippen LogP contribution in [0, 0.1) is 5.92 Å². The summed E-state index contributed by atoms with van der Waals surface area (Å²) in [6, 6.07) is 10.2. The number of Topliss-reactive ketones (excluding diaryl/α,β-unsaturated/α-hetero) is 1. The highest BCUT2D eigenvalue weighted by Gasteiger charge is 2.28. The van der Waals surface area contributed by atoms with Gasteiger partial charge in [-0.15, -0.1) is 0 Å². The fraction of sp³-hybridized carbons (Fsp3) is 0.261. The van der Waals surface area contributed by atoms with E-state index in [2.05, 4.69) is 5.32 Å². The third kappa shape index (κ3) is 4.92. The Hall–Kier alpha value is -2.83. The Morgan fingerprint density at radius 2 is 1.87 bits per heavy atom. The van der Waals surface area contributed by atoms with Gasteiger partial charge in [0.05, 0.1) is 5.69 Å². The molecule has 160 valence electrons. The number of benzene rings is 2. The zero-order chi connectivity index (χ0) is 22.0. The van der Waals surface area contributed by atoms with Crippen LogP contribution in [0.1, 0.15) is 28.8 Å². The molecule has 0 aromatic heterocycles. The predicted molar refractivity (Wildman–Crippen MR) is 120 cm³/mol. The van der Waals surface area contributed by atoms with E-state index in [1.165, 1.54) is 6.08 Å². The topological polar surface area (TPSA) is 75.7 Å². The second-order valence-electron chi connectivity index (χ2n) is 7.51. The van der Waals surface area contributed by atoms with Crippen LogP contribution in [0.3, 0.4) is 0 Å². The molecule has 0 radical (unpaired) electrons. The number of halogens is 2. The Labute approximate surface area is 189 Å². The van der Waals surface area contributed by atoms with E-state index >= 15 is 0 Å². The molecule has 6 nitrogen and oxygen atoms in total. The number of hydrogen-bond donors (Lipinski definition) is 1. The number of carbonyl (C=O) groups is 3. The van der Waals surface area contributed by atoms with Gasteiger partial charge in [0.1, 0.15) is 5.75 Å². The first kappa shape index (κ1) is 21.4. The lowest BCUT2D eigenvalue weighted by Crippen LogP contribution is -2.39. The van der Waals surface area contributed by atoms with Gasteiger partial charge in [-0.1, -0.05) is 29.3 Å². The van der Waals surface area contributed by atoms with E-state index in [0.29, 0.717) is 58.5 Å². The lowest BCUT2D eigenvalue weighted by molar-refractivity contribution is -0.127.